The Kier molecular flexibility index (Phi) is 11.8. The minimum atomic E-state index is -0.769. The van der Waals surface area contributed by atoms with Gasteiger partial charge in [0, 0.05) is 46.5 Å². The molecule has 6 heterocycles. The summed E-state index contributed by atoms with van der Waals surface area (Å²) in [6.07, 6.45) is 0.0142. The van der Waals surface area contributed by atoms with Crippen molar-refractivity contribution in [2.24, 2.45) is 23.7 Å². The van der Waals surface area contributed by atoms with Crippen molar-refractivity contribution in [3.05, 3.63) is 57.3 Å². The number of hydrogen-bond acceptors (Lipinski definition) is 10. The number of hydrogen-bond donors (Lipinski definition) is 4. The van der Waals surface area contributed by atoms with Crippen molar-refractivity contribution >= 4 is 47.2 Å². The van der Waals surface area contributed by atoms with Crippen molar-refractivity contribution in [3.8, 4) is 45.1 Å². The largest absolute Gasteiger partial charge is 0.488 e. The number of likely N-dealkylation sites (tertiary alicyclic amines) is 2. The fourth-order valence-corrected chi connectivity index (χ4v) is 9.75. The second-order valence-corrected chi connectivity index (χ2v) is 18.3. The summed E-state index contributed by atoms with van der Waals surface area (Å²) in [5.41, 5.74) is 6.40. The van der Waals surface area contributed by atoms with Gasteiger partial charge in [-0.2, -0.15) is 0 Å². The molecule has 4 aromatic rings. The van der Waals surface area contributed by atoms with Crippen LogP contribution < -0.4 is 20.1 Å². The number of rotatable bonds is 10. The van der Waals surface area contributed by atoms with Crippen LogP contribution in [-0.2, 0) is 32.3 Å². The molecule has 0 unspecified atom stereocenters. The lowest BCUT2D eigenvalue weighted by molar-refractivity contribution is -0.136. The fourth-order valence-electron chi connectivity index (χ4n) is 9.26. The highest BCUT2D eigenvalue weighted by Crippen LogP contribution is 2.52. The van der Waals surface area contributed by atoms with Gasteiger partial charge >= 0.3 is 12.2 Å². The molecule has 0 saturated carbocycles. The van der Waals surface area contributed by atoms with Gasteiger partial charge in [-0.05, 0) is 60.8 Å². The van der Waals surface area contributed by atoms with E-state index in [9.17, 15) is 19.2 Å². The van der Waals surface area contributed by atoms with Gasteiger partial charge in [-0.25, -0.2) is 19.6 Å². The van der Waals surface area contributed by atoms with Gasteiger partial charge in [0.15, 0.2) is 10.3 Å². The molecule has 62 heavy (non-hydrogen) atoms. The number of nitrogens with zero attached hydrogens (tertiary/aromatic N) is 4. The van der Waals surface area contributed by atoms with Gasteiger partial charge in [0.2, 0.25) is 11.8 Å². The summed E-state index contributed by atoms with van der Waals surface area (Å²) in [6.45, 7) is 13.2. The van der Waals surface area contributed by atoms with Crippen molar-refractivity contribution < 1.29 is 38.1 Å². The number of benzene rings is 2. The Balaban J connectivity index is 1.06. The van der Waals surface area contributed by atoms with Crippen LogP contribution in [0.4, 0.5) is 9.59 Å². The zero-order valence-corrected chi connectivity index (χ0v) is 37.5. The van der Waals surface area contributed by atoms with Crippen LogP contribution in [0.5, 0.6) is 11.5 Å². The number of alkyl carbamates (subject to hydrolysis) is 2. The number of aromatic nitrogens is 4. The predicted octanol–water partition coefficient (Wildman–Crippen LogP) is 7.81. The minimum absolute atomic E-state index is 0.171. The number of carbonyl (C=O) groups excluding carboxylic acids is 4. The van der Waals surface area contributed by atoms with E-state index in [4.69, 9.17) is 52.1 Å². The highest BCUT2D eigenvalue weighted by atomic mass is 35.5. The monoisotopic (exact) mass is 890 g/mol. The molecule has 0 bridgehead atoms. The molecule has 8 rings (SSSR count). The highest BCUT2D eigenvalue weighted by molar-refractivity contribution is 6.32. The second-order valence-electron chi connectivity index (χ2n) is 17.6. The molecule has 330 valence electrons. The van der Waals surface area contributed by atoms with E-state index in [-0.39, 0.29) is 71.1 Å². The first-order chi connectivity index (χ1) is 29.6. The highest BCUT2D eigenvalue weighted by Gasteiger charge is 2.42. The Morgan fingerprint density at radius 1 is 0.694 bits per heavy atom. The molecule has 2 fully saturated rings. The molecule has 4 aliphatic heterocycles. The maximum absolute atomic E-state index is 13.9. The van der Waals surface area contributed by atoms with E-state index in [0.717, 1.165) is 33.4 Å². The average molecular weight is 892 g/mol. The quantitative estimate of drug-likeness (QED) is 0.122. The summed E-state index contributed by atoms with van der Waals surface area (Å²) in [6, 6.07) is 5.64. The van der Waals surface area contributed by atoms with Crippen LogP contribution >= 0.6 is 23.2 Å². The van der Waals surface area contributed by atoms with E-state index in [2.05, 4.69) is 34.4 Å². The van der Waals surface area contributed by atoms with Crippen LogP contribution in [-0.4, -0.2) is 93.1 Å². The number of imidazole rings is 2. The molecular weight excluding hydrogens is 839 g/mol. The van der Waals surface area contributed by atoms with Crippen molar-refractivity contribution in [1.82, 2.24) is 40.4 Å². The first kappa shape index (κ1) is 43.2. The van der Waals surface area contributed by atoms with E-state index >= 15 is 0 Å². The van der Waals surface area contributed by atoms with Gasteiger partial charge in [0.05, 0.1) is 37.7 Å². The van der Waals surface area contributed by atoms with Gasteiger partial charge in [0.1, 0.15) is 48.4 Å². The summed E-state index contributed by atoms with van der Waals surface area (Å²) in [4.78, 5) is 71.9. The predicted molar refractivity (Wildman–Crippen MR) is 231 cm³/mol. The van der Waals surface area contributed by atoms with Crippen LogP contribution in [0, 0.1) is 23.7 Å². The first-order valence-corrected chi connectivity index (χ1v) is 21.7. The SMILES string of the molecule is COC(=O)N[C@H](C(=O)N1C[C@@H](C)C[C@H]1c1nc(Cl)c(-c2cc3c4c(c2)OCc2cc(-c5[nH]c([C@@H]6C[C@H](C)CN6C(=O)[C@@H](NC(=O)OC)C(C)C)nc5Cl)cc(c2-4)OC3)[nH]1)C(C)C. The van der Waals surface area contributed by atoms with Crippen LogP contribution in [0.3, 0.4) is 0 Å². The number of amides is 4. The Hall–Kier alpha value is -5.48. The molecule has 2 aromatic carbocycles. The van der Waals surface area contributed by atoms with Crippen LogP contribution in [0.2, 0.25) is 10.3 Å². The molecule has 0 aliphatic carbocycles. The Bertz CT molecular complexity index is 2220. The van der Waals surface area contributed by atoms with Gasteiger partial charge in [-0.15, -0.1) is 0 Å². The standard InChI is InChI=1S/C44H52Cl2N8O8/c1-19(2)33(49-43(57)59-7)41(55)53-15-21(5)9-27(53)39-47-35(37(45)51-39)23-11-25-17-62-30-14-24(12-26-18-61-29(13-23)31(25)32(26)30)36-38(46)52-40(48-36)28-10-22(6)16-54(28)42(56)34(20(3)4)50-44(58)60-8/h11-14,19-22,27-28,33-34H,9-10,15-18H2,1-8H3,(H,47,51)(H,48,52)(H,49,57)(H,50,58)/t21-,22-,27-,28-,33-,34-/m0/s1. The normalized spacial score (nSPS) is 21.0. The summed E-state index contributed by atoms with van der Waals surface area (Å²) >= 11 is 13.7. The van der Waals surface area contributed by atoms with Crippen LogP contribution in [0.25, 0.3) is 33.6 Å². The van der Waals surface area contributed by atoms with Crippen molar-refractivity contribution in [2.75, 3.05) is 27.3 Å². The van der Waals surface area contributed by atoms with Crippen LogP contribution in [0.1, 0.15) is 89.2 Å². The van der Waals surface area contributed by atoms with Crippen molar-refractivity contribution in [2.45, 2.75) is 91.8 Å². The fraction of sp³-hybridized carbons (Fsp3) is 0.500. The lowest BCUT2D eigenvalue weighted by Gasteiger charge is -2.30. The first-order valence-electron chi connectivity index (χ1n) is 21.0. The van der Waals surface area contributed by atoms with Gasteiger partial charge in [-0.3, -0.25) is 9.59 Å². The summed E-state index contributed by atoms with van der Waals surface area (Å²) < 4.78 is 22.5. The molecule has 18 heteroatoms. The third kappa shape index (κ3) is 7.91. The summed E-state index contributed by atoms with van der Waals surface area (Å²) in [5, 5.41) is 5.92. The van der Waals surface area contributed by atoms with E-state index < -0.39 is 24.3 Å². The molecule has 2 saturated heterocycles. The summed E-state index contributed by atoms with van der Waals surface area (Å²) in [7, 11) is 2.54. The number of methoxy groups -OCH3 is 2. The number of ether oxygens (including phenoxy) is 4. The molecule has 4 N–H and O–H groups in total. The third-order valence-corrected chi connectivity index (χ3v) is 12.9. The Morgan fingerprint density at radius 2 is 1.08 bits per heavy atom. The van der Waals surface area contributed by atoms with Crippen molar-refractivity contribution in [3.63, 3.8) is 0 Å². The maximum atomic E-state index is 13.9. The molecule has 2 aromatic heterocycles. The van der Waals surface area contributed by atoms with E-state index in [1.807, 2.05) is 52.0 Å². The Morgan fingerprint density at radius 3 is 1.44 bits per heavy atom. The average Bonchev–Trinajstić information content (AvgIpc) is 4.04. The number of H-pyrrole nitrogens is 2. The van der Waals surface area contributed by atoms with Gasteiger partial charge < -0.3 is 49.3 Å². The van der Waals surface area contributed by atoms with Gasteiger partial charge in [-0.1, -0.05) is 64.7 Å². The lowest BCUT2D eigenvalue weighted by atomic mass is 9.87. The number of aromatic amines is 2. The van der Waals surface area contributed by atoms with E-state index in [0.29, 0.717) is 60.5 Å². The second kappa shape index (κ2) is 17.0. The molecule has 16 nitrogen and oxygen atoms in total. The number of carbonyl (C=O) groups is 4. The Labute approximate surface area is 369 Å². The van der Waals surface area contributed by atoms with E-state index in [1.165, 1.54) is 14.2 Å². The van der Waals surface area contributed by atoms with E-state index in [1.54, 1.807) is 9.80 Å². The zero-order chi connectivity index (χ0) is 44.3. The topological polar surface area (TPSA) is 193 Å². The molecule has 0 radical (unpaired) electrons. The molecule has 0 spiro atoms. The lowest BCUT2D eigenvalue weighted by Crippen LogP contribution is -2.51. The maximum Gasteiger partial charge on any atom is 0.407 e. The smallest absolute Gasteiger partial charge is 0.407 e. The minimum Gasteiger partial charge on any atom is -0.488 e. The zero-order valence-electron chi connectivity index (χ0n) is 36.0. The summed E-state index contributed by atoms with van der Waals surface area (Å²) in [5.74, 6) is 2.11. The number of halogens is 2. The molecule has 4 aliphatic rings. The number of nitrogens with one attached hydrogen (secondary N) is 4. The molecule has 6 atom stereocenters. The van der Waals surface area contributed by atoms with Crippen LogP contribution in [0.15, 0.2) is 24.3 Å². The molecule has 4 amide bonds. The van der Waals surface area contributed by atoms with Gasteiger partial charge in [0.25, 0.3) is 0 Å². The molecular formula is C44H52Cl2N8O8. The van der Waals surface area contributed by atoms with Crippen molar-refractivity contribution in [1.29, 1.82) is 0 Å². The third-order valence-electron chi connectivity index (χ3n) is 12.3.